The number of alkyl halides is 1. The molecule has 0 aliphatic carbocycles. The Bertz CT molecular complexity index is 2630. The van der Waals surface area contributed by atoms with Gasteiger partial charge in [0.2, 0.25) is 17.8 Å². The van der Waals surface area contributed by atoms with Crippen molar-refractivity contribution in [2.24, 2.45) is 0 Å². The van der Waals surface area contributed by atoms with Crippen LogP contribution >= 0.6 is 0 Å². The van der Waals surface area contributed by atoms with Crippen molar-refractivity contribution in [3.63, 3.8) is 0 Å². The van der Waals surface area contributed by atoms with Gasteiger partial charge in [0.05, 0.1) is 41.0 Å². The fraction of sp³-hybridized carbons (Fsp3) is 0.439. The highest BCUT2D eigenvalue weighted by molar-refractivity contribution is 5.94. The number of carbonyl (C=O) groups excluding carboxylic acids is 1. The second-order valence-corrected chi connectivity index (χ2v) is 16.1. The Kier molecular flexibility index (Phi) is 9.46. The smallest absolute Gasteiger partial charge is 0.245 e. The van der Waals surface area contributed by atoms with E-state index in [-0.39, 0.29) is 42.0 Å². The largest absolute Gasteiger partial charge is 0.506 e. The Morgan fingerprint density at radius 1 is 0.967 bits per heavy atom. The first kappa shape index (κ1) is 38.1. The molecule has 2 unspecified atom stereocenters. The molecule has 6 bridgehead atoms. The van der Waals surface area contributed by atoms with E-state index in [1.54, 1.807) is 30.4 Å². The molecule has 60 heavy (non-hydrogen) atoms. The average Bonchev–Trinajstić information content (AvgIpc) is 3.92. The third-order valence-corrected chi connectivity index (χ3v) is 12.2. The van der Waals surface area contributed by atoms with Gasteiger partial charge in [0.15, 0.2) is 5.65 Å². The van der Waals surface area contributed by atoms with Crippen molar-refractivity contribution in [1.29, 1.82) is 0 Å². The first-order valence-electron chi connectivity index (χ1n) is 20.3. The molecule has 16 nitrogen and oxygen atoms in total. The molecule has 3 saturated heterocycles. The maximum Gasteiger partial charge on any atom is 0.245 e. The summed E-state index contributed by atoms with van der Waals surface area (Å²) in [7, 11) is 1.76. The summed E-state index contributed by atoms with van der Waals surface area (Å²) in [5.74, 6) is 0.318. The van der Waals surface area contributed by atoms with Crippen molar-refractivity contribution >= 4 is 45.7 Å². The third kappa shape index (κ3) is 6.50. The third-order valence-electron chi connectivity index (χ3n) is 12.2. The molecule has 6 aromatic rings. The quantitative estimate of drug-likeness (QED) is 0.238. The van der Waals surface area contributed by atoms with Gasteiger partial charge in [-0.05, 0) is 51.0 Å². The van der Waals surface area contributed by atoms with Gasteiger partial charge in [-0.1, -0.05) is 0 Å². The molecule has 0 saturated carbocycles. The Hall–Kier alpha value is -6.08. The van der Waals surface area contributed by atoms with Crippen LogP contribution in [0.3, 0.4) is 0 Å². The SMILES string of the molecule is CCO[C@H]1CN(C)C(=O)[C@@H]2C[C@@H](CN2c2nc(N3C4CC3CN(CCF)C4)nc3c2cnn3-c2ccc(F)cc2O)Nc2nccc(n2)-c2cc(F)cc3nc(C)n(c23)C1. The van der Waals surface area contributed by atoms with E-state index in [2.05, 4.69) is 25.2 Å². The Morgan fingerprint density at radius 2 is 1.80 bits per heavy atom. The van der Waals surface area contributed by atoms with Gasteiger partial charge in [0, 0.05) is 88.4 Å². The maximum absolute atomic E-state index is 15.2. The number of nitrogens with one attached hydrogen (secondary N) is 1. The van der Waals surface area contributed by atoms with Crippen molar-refractivity contribution in [2.45, 2.75) is 63.5 Å². The van der Waals surface area contributed by atoms with Gasteiger partial charge in [-0.15, -0.1) is 0 Å². The normalized spacial score (nSPS) is 23.2. The summed E-state index contributed by atoms with van der Waals surface area (Å²) in [6.45, 7) is 6.28. The minimum Gasteiger partial charge on any atom is -0.506 e. The van der Waals surface area contributed by atoms with E-state index in [1.165, 1.54) is 28.9 Å². The number of hydrogen-bond donors (Lipinski definition) is 2. The van der Waals surface area contributed by atoms with Crippen LogP contribution in [-0.4, -0.2) is 143 Å². The fourth-order valence-electron chi connectivity index (χ4n) is 9.58. The molecule has 2 aromatic carbocycles. The topological polar surface area (TPSA) is 159 Å². The number of likely N-dealkylation sites (N-methyl/N-ethyl adjacent to an activating group) is 1. The number of piperidine rings is 1. The van der Waals surface area contributed by atoms with Gasteiger partial charge < -0.3 is 34.4 Å². The second-order valence-electron chi connectivity index (χ2n) is 16.1. The fourth-order valence-corrected chi connectivity index (χ4v) is 9.58. The number of imidazole rings is 1. The van der Waals surface area contributed by atoms with Crippen LogP contribution < -0.4 is 15.1 Å². The number of ether oxygens (including phenoxy) is 1. The number of hydrogen-bond acceptors (Lipinski definition) is 13. The number of carbonyl (C=O) groups is 1. The van der Waals surface area contributed by atoms with Crippen molar-refractivity contribution in [3.8, 4) is 22.7 Å². The van der Waals surface area contributed by atoms with Gasteiger partial charge in [-0.2, -0.15) is 15.1 Å². The van der Waals surface area contributed by atoms with Crippen molar-refractivity contribution < 1.29 is 27.8 Å². The number of amides is 1. The van der Waals surface area contributed by atoms with Crippen LogP contribution in [0, 0.1) is 18.6 Å². The lowest BCUT2D eigenvalue weighted by Crippen LogP contribution is -2.69. The van der Waals surface area contributed by atoms with Crippen molar-refractivity contribution in [3.05, 3.63) is 66.3 Å². The number of nitrogens with zero attached hydrogens (tertiary/aromatic N) is 12. The zero-order valence-corrected chi connectivity index (χ0v) is 33.3. The molecule has 4 aromatic heterocycles. The van der Waals surface area contributed by atoms with Crippen LogP contribution in [0.25, 0.3) is 39.0 Å². The summed E-state index contributed by atoms with van der Waals surface area (Å²) in [6, 6.07) is 7.32. The number of anilines is 3. The number of rotatable bonds is 7. The molecule has 0 radical (unpaired) electrons. The number of aromatic nitrogens is 8. The predicted octanol–water partition coefficient (Wildman–Crippen LogP) is 4.08. The second kappa shape index (κ2) is 14.9. The molecule has 2 N–H and O–H groups in total. The van der Waals surface area contributed by atoms with Crippen LogP contribution in [0.5, 0.6) is 5.75 Å². The molecule has 3 fully saturated rings. The zero-order chi connectivity index (χ0) is 41.4. The van der Waals surface area contributed by atoms with E-state index in [1.807, 2.05) is 23.3 Å². The van der Waals surface area contributed by atoms with E-state index >= 15 is 4.39 Å². The highest BCUT2D eigenvalue weighted by Crippen LogP contribution is 2.40. The summed E-state index contributed by atoms with van der Waals surface area (Å²) in [4.78, 5) is 47.2. The minimum atomic E-state index is -0.722. The number of aryl methyl sites for hydroxylation is 1. The molecule has 0 spiro atoms. The molecule has 10 rings (SSSR count). The lowest BCUT2D eigenvalue weighted by atomic mass is 9.88. The standard InChI is InChI=1S/C41H44F3N13O3/c1-4-60-28-20-52(3)39(59)34-14-25(48-40-45-9-7-31(49-40)29-11-24(44)12-32-36(29)54(21-28)22(2)47-32)17-55(34)37-30-16-46-57(33-6-5-23(43)13-35(33)58)38(30)51-41(50-37)56-26-15-27(56)19-53(18-26)10-8-42/h5-7,9,11-13,16,25-28,34,58H,4,8,10,14-15,17-21H2,1-3H3,(H,45,48,49)/t25-,26?,27?,28-,34-/m0/s1. The molecular weight excluding hydrogens is 780 g/mol. The first-order valence-corrected chi connectivity index (χ1v) is 20.3. The van der Waals surface area contributed by atoms with Crippen LogP contribution in [0.2, 0.25) is 0 Å². The number of fused-ring (bicyclic) bond motifs is 8. The number of likely N-dealkylation sites (tertiary alicyclic amines) is 1. The molecule has 312 valence electrons. The van der Waals surface area contributed by atoms with E-state index in [4.69, 9.17) is 24.7 Å². The summed E-state index contributed by atoms with van der Waals surface area (Å²) < 4.78 is 52.5. The maximum atomic E-state index is 15.2. The summed E-state index contributed by atoms with van der Waals surface area (Å²) in [6.07, 6.45) is 4.02. The number of phenolic OH excluding ortho intramolecular Hbond substituents is 1. The number of phenols is 1. The lowest BCUT2D eigenvalue weighted by molar-refractivity contribution is -0.133. The number of benzene rings is 2. The Labute approximate surface area is 342 Å². The molecule has 4 aliphatic rings. The van der Waals surface area contributed by atoms with Crippen LogP contribution in [0.1, 0.15) is 25.6 Å². The zero-order valence-electron chi connectivity index (χ0n) is 33.3. The summed E-state index contributed by atoms with van der Waals surface area (Å²) in [5.41, 5.74) is 2.84. The highest BCUT2D eigenvalue weighted by Gasteiger charge is 2.47. The van der Waals surface area contributed by atoms with Gasteiger partial charge in [0.1, 0.15) is 47.4 Å². The van der Waals surface area contributed by atoms with Crippen molar-refractivity contribution in [2.75, 3.05) is 68.2 Å². The molecule has 4 aliphatic heterocycles. The van der Waals surface area contributed by atoms with Crippen molar-refractivity contribution in [1.82, 2.24) is 49.1 Å². The number of halogens is 3. The van der Waals surface area contributed by atoms with E-state index < -0.39 is 30.5 Å². The molecule has 1 amide bonds. The molecular formula is C41H44F3N13O3. The Balaban J connectivity index is 1.09. The van der Waals surface area contributed by atoms with E-state index in [0.29, 0.717) is 103 Å². The van der Waals surface area contributed by atoms with E-state index in [9.17, 15) is 18.7 Å². The monoisotopic (exact) mass is 823 g/mol. The number of aromatic hydroxyl groups is 1. The lowest BCUT2D eigenvalue weighted by Gasteiger charge is -2.56. The van der Waals surface area contributed by atoms with Crippen LogP contribution in [0.15, 0.2) is 48.8 Å². The van der Waals surface area contributed by atoms with Crippen LogP contribution in [-0.2, 0) is 16.1 Å². The number of piperazine rings is 1. The van der Waals surface area contributed by atoms with Gasteiger partial charge in [0.25, 0.3) is 0 Å². The van der Waals surface area contributed by atoms with Gasteiger partial charge in [-0.25, -0.2) is 32.8 Å². The first-order chi connectivity index (χ1) is 29.1. The molecule has 8 heterocycles. The van der Waals surface area contributed by atoms with Gasteiger partial charge >= 0.3 is 0 Å². The molecule has 19 heteroatoms. The predicted molar refractivity (Wildman–Crippen MR) is 217 cm³/mol. The summed E-state index contributed by atoms with van der Waals surface area (Å²) in [5, 5.41) is 19.5. The molecule has 5 atom stereocenters. The van der Waals surface area contributed by atoms with Crippen LogP contribution in [0.4, 0.5) is 30.9 Å². The highest BCUT2D eigenvalue weighted by atomic mass is 19.1. The summed E-state index contributed by atoms with van der Waals surface area (Å²) >= 11 is 0. The van der Waals surface area contributed by atoms with E-state index in [0.717, 1.165) is 12.5 Å². The Morgan fingerprint density at radius 3 is 2.58 bits per heavy atom. The van der Waals surface area contributed by atoms with Gasteiger partial charge in [-0.3, -0.25) is 9.69 Å². The minimum absolute atomic E-state index is 0.0465. The average molecular weight is 824 g/mol.